The molecule has 18 heavy (non-hydrogen) atoms. The number of primary amides is 1. The zero-order chi connectivity index (χ0) is 13.9. The van der Waals surface area contributed by atoms with Gasteiger partial charge in [-0.15, -0.1) is 0 Å². The Bertz CT molecular complexity index is 448. The van der Waals surface area contributed by atoms with Crippen molar-refractivity contribution in [2.45, 2.75) is 19.1 Å². The number of amides is 1. The molecular weight excluding hydrogens is 269 g/mol. The fourth-order valence-corrected chi connectivity index (χ4v) is 1.58. The lowest BCUT2D eigenvalue weighted by molar-refractivity contribution is -0.130. The molecule has 0 fully saturated rings. The molecule has 1 rings (SSSR count). The zero-order valence-corrected chi connectivity index (χ0v) is 10.3. The Kier molecular flexibility index (Phi) is 4.59. The first-order valence-corrected chi connectivity index (χ1v) is 5.44. The zero-order valence-electron chi connectivity index (χ0n) is 9.51. The van der Waals surface area contributed by atoms with E-state index in [4.69, 9.17) is 17.3 Å². The molecule has 0 aliphatic rings. The van der Waals surface area contributed by atoms with Crippen LogP contribution in [0.5, 0.6) is 0 Å². The molecule has 0 radical (unpaired) electrons. The normalized spacial score (nSPS) is 13.4. The van der Waals surface area contributed by atoms with E-state index in [-0.39, 0.29) is 0 Å². The molecule has 0 spiro atoms. The minimum Gasteiger partial charge on any atom is -0.368 e. The Balaban J connectivity index is 2.91. The summed E-state index contributed by atoms with van der Waals surface area (Å²) in [6.45, 7) is 0.445. The lowest BCUT2D eigenvalue weighted by Gasteiger charge is -2.17. The Morgan fingerprint density at radius 1 is 1.50 bits per heavy atom. The van der Waals surface area contributed by atoms with E-state index in [1.165, 1.54) is 12.1 Å². The van der Waals surface area contributed by atoms with Crippen LogP contribution in [0.25, 0.3) is 0 Å². The van der Waals surface area contributed by atoms with Gasteiger partial charge in [-0.3, -0.25) is 10.1 Å². The molecule has 1 unspecified atom stereocenters. The molecule has 100 valence electrons. The second kappa shape index (κ2) is 5.58. The van der Waals surface area contributed by atoms with Crippen LogP contribution in [0.15, 0.2) is 18.2 Å². The molecule has 0 saturated carbocycles. The van der Waals surface area contributed by atoms with Crippen LogP contribution >= 0.6 is 11.6 Å². The van der Waals surface area contributed by atoms with E-state index < -0.39 is 24.7 Å². The third-order valence-electron chi connectivity index (χ3n) is 2.32. The summed E-state index contributed by atoms with van der Waals surface area (Å²) in [6, 6.07) is 3.34. The number of aryl methyl sites for hydroxylation is 1. The Hall–Kier alpha value is -1.27. The van der Waals surface area contributed by atoms with Crippen molar-refractivity contribution in [1.82, 2.24) is 5.32 Å². The van der Waals surface area contributed by atoms with E-state index in [1.54, 1.807) is 13.0 Å². The lowest BCUT2D eigenvalue weighted by atomic mass is 10.0. The van der Waals surface area contributed by atoms with Crippen molar-refractivity contribution in [2.75, 3.05) is 6.54 Å². The highest BCUT2D eigenvalue weighted by molar-refractivity contribution is 6.31. The number of hydrogen-bond acceptors (Lipinski definition) is 2. The first kappa shape index (κ1) is 14.8. The molecule has 7 heteroatoms. The number of halogens is 4. The fraction of sp³-hybridized carbons (Fsp3) is 0.364. The highest BCUT2D eigenvalue weighted by Crippen LogP contribution is 2.22. The van der Waals surface area contributed by atoms with Crippen molar-refractivity contribution in [3.8, 4) is 0 Å². The van der Waals surface area contributed by atoms with Gasteiger partial charge in [-0.25, -0.2) is 0 Å². The van der Waals surface area contributed by atoms with Gasteiger partial charge in [-0.2, -0.15) is 13.2 Å². The molecule has 1 atom stereocenters. The van der Waals surface area contributed by atoms with Gasteiger partial charge in [-0.05, 0) is 24.1 Å². The summed E-state index contributed by atoms with van der Waals surface area (Å²) < 4.78 is 36.3. The van der Waals surface area contributed by atoms with E-state index in [0.717, 1.165) is 5.56 Å². The largest absolute Gasteiger partial charge is 0.401 e. The van der Waals surface area contributed by atoms with Gasteiger partial charge < -0.3 is 5.73 Å². The molecule has 0 aliphatic carbocycles. The topological polar surface area (TPSA) is 55.1 Å². The van der Waals surface area contributed by atoms with Crippen LogP contribution in [0, 0.1) is 6.92 Å². The summed E-state index contributed by atoms with van der Waals surface area (Å²) in [5, 5.41) is 2.43. The molecule has 0 aliphatic heterocycles. The first-order valence-electron chi connectivity index (χ1n) is 5.06. The number of nitrogens with two attached hydrogens (primary N) is 1. The van der Waals surface area contributed by atoms with Crippen molar-refractivity contribution >= 4 is 17.5 Å². The molecule has 1 aromatic carbocycles. The molecule has 1 aromatic rings. The maximum atomic E-state index is 12.1. The molecule has 3 N–H and O–H groups in total. The van der Waals surface area contributed by atoms with Crippen LogP contribution in [0.3, 0.4) is 0 Å². The van der Waals surface area contributed by atoms with Crippen molar-refractivity contribution in [1.29, 1.82) is 0 Å². The number of carbonyl (C=O) groups is 1. The number of nitrogens with one attached hydrogen (secondary N) is 1. The minimum absolute atomic E-state index is 0.308. The standard InChI is InChI=1S/C11H12ClF3N2O/c1-6-2-3-7(4-8(6)12)9(10(16)18)17-5-11(13,14)15/h2-4,9,17H,5H2,1H3,(H2,16,18). The number of carbonyl (C=O) groups excluding carboxylic acids is 1. The van der Waals surface area contributed by atoms with Crippen LogP contribution < -0.4 is 11.1 Å². The molecular formula is C11H12ClF3N2O. The molecule has 0 aromatic heterocycles. The van der Waals surface area contributed by atoms with E-state index in [0.29, 0.717) is 10.6 Å². The smallest absolute Gasteiger partial charge is 0.368 e. The molecule has 1 amide bonds. The highest BCUT2D eigenvalue weighted by atomic mass is 35.5. The summed E-state index contributed by atoms with van der Waals surface area (Å²) in [4.78, 5) is 11.2. The summed E-state index contributed by atoms with van der Waals surface area (Å²) in [5.74, 6) is -0.890. The second-order valence-electron chi connectivity index (χ2n) is 3.84. The van der Waals surface area contributed by atoms with Crippen LogP contribution in [-0.4, -0.2) is 18.6 Å². The van der Waals surface area contributed by atoms with Gasteiger partial charge in [-0.1, -0.05) is 23.7 Å². The first-order chi connectivity index (χ1) is 8.20. The minimum atomic E-state index is -4.41. The Morgan fingerprint density at radius 3 is 2.56 bits per heavy atom. The predicted molar refractivity (Wildman–Crippen MR) is 62.2 cm³/mol. The van der Waals surface area contributed by atoms with Crippen LogP contribution in [0.4, 0.5) is 13.2 Å². The van der Waals surface area contributed by atoms with Gasteiger partial charge in [0.1, 0.15) is 6.04 Å². The van der Waals surface area contributed by atoms with Gasteiger partial charge >= 0.3 is 6.18 Å². The van der Waals surface area contributed by atoms with Crippen molar-refractivity contribution in [3.63, 3.8) is 0 Å². The quantitative estimate of drug-likeness (QED) is 0.889. The fourth-order valence-electron chi connectivity index (χ4n) is 1.39. The predicted octanol–water partition coefficient (Wildman–Crippen LogP) is 2.33. The van der Waals surface area contributed by atoms with Gasteiger partial charge in [0.15, 0.2) is 0 Å². The number of rotatable bonds is 4. The molecule has 0 heterocycles. The van der Waals surface area contributed by atoms with Crippen molar-refractivity contribution < 1.29 is 18.0 Å². The summed E-state index contributed by atoms with van der Waals surface area (Å²) >= 11 is 5.85. The maximum absolute atomic E-state index is 12.1. The summed E-state index contributed by atoms with van der Waals surface area (Å²) in [6.07, 6.45) is -4.41. The monoisotopic (exact) mass is 280 g/mol. The van der Waals surface area contributed by atoms with Crippen LogP contribution in [-0.2, 0) is 4.79 Å². The number of hydrogen-bond donors (Lipinski definition) is 2. The lowest BCUT2D eigenvalue weighted by Crippen LogP contribution is -2.39. The average Bonchev–Trinajstić information content (AvgIpc) is 2.21. The van der Waals surface area contributed by atoms with E-state index in [9.17, 15) is 18.0 Å². The van der Waals surface area contributed by atoms with E-state index in [2.05, 4.69) is 5.32 Å². The summed E-state index contributed by atoms with van der Waals surface area (Å²) in [7, 11) is 0. The average molecular weight is 281 g/mol. The number of benzene rings is 1. The van der Waals surface area contributed by atoms with Gasteiger partial charge in [0.05, 0.1) is 6.54 Å². The van der Waals surface area contributed by atoms with Crippen LogP contribution in [0.2, 0.25) is 5.02 Å². The maximum Gasteiger partial charge on any atom is 0.401 e. The van der Waals surface area contributed by atoms with Crippen molar-refractivity contribution in [3.05, 3.63) is 34.3 Å². The molecule has 0 bridgehead atoms. The van der Waals surface area contributed by atoms with E-state index >= 15 is 0 Å². The number of alkyl halides is 3. The van der Waals surface area contributed by atoms with Crippen LogP contribution in [0.1, 0.15) is 17.2 Å². The van der Waals surface area contributed by atoms with Crippen molar-refractivity contribution in [2.24, 2.45) is 5.73 Å². The third kappa shape index (κ3) is 4.19. The second-order valence-corrected chi connectivity index (χ2v) is 4.25. The third-order valence-corrected chi connectivity index (χ3v) is 2.73. The SMILES string of the molecule is Cc1ccc(C(NCC(F)(F)F)C(N)=O)cc1Cl. The highest BCUT2D eigenvalue weighted by Gasteiger charge is 2.30. The molecule has 3 nitrogen and oxygen atoms in total. The van der Waals surface area contributed by atoms with Gasteiger partial charge in [0.25, 0.3) is 0 Å². The van der Waals surface area contributed by atoms with E-state index in [1.807, 2.05) is 0 Å². The Morgan fingerprint density at radius 2 is 2.11 bits per heavy atom. The molecule has 0 saturated heterocycles. The Labute approximate surface area is 107 Å². The van der Waals surface area contributed by atoms with Gasteiger partial charge in [0.2, 0.25) is 5.91 Å². The van der Waals surface area contributed by atoms with Gasteiger partial charge in [0, 0.05) is 5.02 Å². The summed E-state index contributed by atoms with van der Waals surface area (Å²) in [5.41, 5.74) is 6.15.